The molecule has 0 saturated carbocycles. The molecule has 2 atom stereocenters. The maximum absolute atomic E-state index is 5.55. The molecule has 2 unspecified atom stereocenters. The van der Waals surface area contributed by atoms with E-state index in [0.29, 0.717) is 12.1 Å². The van der Waals surface area contributed by atoms with Gasteiger partial charge in [-0.05, 0) is 31.6 Å². The van der Waals surface area contributed by atoms with E-state index in [1.165, 1.54) is 19.3 Å². The van der Waals surface area contributed by atoms with Gasteiger partial charge in [-0.2, -0.15) is 0 Å². The molecule has 0 aromatic rings. The second kappa shape index (κ2) is 8.98. The molecule has 2 fully saturated rings. The first-order valence-corrected chi connectivity index (χ1v) is 8.38. The van der Waals surface area contributed by atoms with Crippen LogP contribution in [0, 0.1) is 5.92 Å². The van der Waals surface area contributed by atoms with Crippen LogP contribution in [-0.2, 0) is 9.47 Å². The summed E-state index contributed by atoms with van der Waals surface area (Å²) in [7, 11) is 0. The van der Waals surface area contributed by atoms with Gasteiger partial charge in [-0.1, -0.05) is 13.8 Å². The van der Waals surface area contributed by atoms with Crippen molar-refractivity contribution in [2.75, 3.05) is 46.1 Å². The van der Waals surface area contributed by atoms with Crippen molar-refractivity contribution < 1.29 is 9.47 Å². The van der Waals surface area contributed by atoms with Gasteiger partial charge >= 0.3 is 0 Å². The Bertz CT molecular complexity index is 247. The molecule has 2 saturated heterocycles. The zero-order valence-corrected chi connectivity index (χ0v) is 13.3. The Balaban J connectivity index is 1.79. The number of ether oxygens (including phenoxy) is 2. The molecule has 0 aliphatic carbocycles. The fourth-order valence-electron chi connectivity index (χ4n) is 3.26. The second-order valence-corrected chi connectivity index (χ2v) is 6.58. The fraction of sp³-hybridized carbons (Fsp3) is 1.00. The molecule has 2 aliphatic heterocycles. The number of nitrogens with one attached hydrogen (secondary N) is 1. The molecule has 118 valence electrons. The second-order valence-electron chi connectivity index (χ2n) is 6.58. The maximum Gasteiger partial charge on any atom is 0.0594 e. The van der Waals surface area contributed by atoms with Gasteiger partial charge in [0.25, 0.3) is 0 Å². The Morgan fingerprint density at radius 3 is 2.55 bits per heavy atom. The average Bonchev–Trinajstić information content (AvgIpc) is 2.72. The van der Waals surface area contributed by atoms with Crippen LogP contribution in [-0.4, -0.2) is 63.0 Å². The summed E-state index contributed by atoms with van der Waals surface area (Å²) in [5.41, 5.74) is 0. The molecule has 2 aliphatic rings. The molecule has 0 radical (unpaired) electrons. The first-order chi connectivity index (χ1) is 9.75. The summed E-state index contributed by atoms with van der Waals surface area (Å²) < 4.78 is 11.0. The number of nitrogens with zero attached hydrogens (tertiary/aromatic N) is 1. The minimum absolute atomic E-state index is 0.646. The third-order valence-corrected chi connectivity index (χ3v) is 4.40. The van der Waals surface area contributed by atoms with E-state index in [0.717, 1.165) is 58.4 Å². The summed E-state index contributed by atoms with van der Waals surface area (Å²) in [5, 5.41) is 3.80. The number of hydrogen-bond donors (Lipinski definition) is 1. The van der Waals surface area contributed by atoms with Crippen LogP contribution in [0.2, 0.25) is 0 Å². The Morgan fingerprint density at radius 1 is 1.05 bits per heavy atom. The van der Waals surface area contributed by atoms with Crippen LogP contribution < -0.4 is 5.32 Å². The molecular formula is C16H32N2O2. The quantitative estimate of drug-likeness (QED) is 0.807. The first-order valence-electron chi connectivity index (χ1n) is 8.38. The molecule has 20 heavy (non-hydrogen) atoms. The lowest BCUT2D eigenvalue weighted by Gasteiger charge is -2.36. The lowest BCUT2D eigenvalue weighted by atomic mass is 10.0. The van der Waals surface area contributed by atoms with Crippen LogP contribution in [0.4, 0.5) is 0 Å². The van der Waals surface area contributed by atoms with E-state index in [2.05, 4.69) is 24.1 Å². The Labute approximate surface area is 124 Å². The Kier molecular flexibility index (Phi) is 7.28. The smallest absolute Gasteiger partial charge is 0.0594 e. The molecule has 4 nitrogen and oxygen atoms in total. The van der Waals surface area contributed by atoms with Crippen LogP contribution in [0.1, 0.15) is 39.5 Å². The summed E-state index contributed by atoms with van der Waals surface area (Å²) in [5.74, 6) is 0.752. The van der Waals surface area contributed by atoms with E-state index >= 15 is 0 Å². The standard InChI is InChI=1S/C16H32N2O2/c1-14(2)12-16(18-6-10-20-11-7-18)13-17-15-4-3-8-19-9-5-15/h14-17H,3-13H2,1-2H3. The number of hydrogen-bond acceptors (Lipinski definition) is 4. The predicted molar refractivity (Wildman–Crippen MR) is 82.1 cm³/mol. The minimum atomic E-state index is 0.646. The van der Waals surface area contributed by atoms with E-state index in [4.69, 9.17) is 9.47 Å². The molecule has 0 spiro atoms. The highest BCUT2D eigenvalue weighted by atomic mass is 16.5. The van der Waals surface area contributed by atoms with Crippen LogP contribution >= 0.6 is 0 Å². The normalized spacial score (nSPS) is 27.4. The SMILES string of the molecule is CC(C)CC(CNC1CCCOCC1)N1CCOCC1. The Morgan fingerprint density at radius 2 is 1.80 bits per heavy atom. The van der Waals surface area contributed by atoms with Gasteiger partial charge in [0, 0.05) is 44.9 Å². The van der Waals surface area contributed by atoms with Crippen LogP contribution in [0.5, 0.6) is 0 Å². The van der Waals surface area contributed by atoms with Crippen molar-refractivity contribution >= 4 is 0 Å². The van der Waals surface area contributed by atoms with Gasteiger partial charge in [0.1, 0.15) is 0 Å². The van der Waals surface area contributed by atoms with Gasteiger partial charge in [0.15, 0.2) is 0 Å². The summed E-state index contributed by atoms with van der Waals surface area (Å²) >= 11 is 0. The van der Waals surface area contributed by atoms with Crippen molar-refractivity contribution in [2.45, 2.75) is 51.6 Å². The van der Waals surface area contributed by atoms with Crippen LogP contribution in [0.25, 0.3) is 0 Å². The van der Waals surface area contributed by atoms with E-state index in [1.807, 2.05) is 0 Å². The van der Waals surface area contributed by atoms with Gasteiger partial charge in [-0.3, -0.25) is 4.90 Å². The van der Waals surface area contributed by atoms with E-state index in [-0.39, 0.29) is 0 Å². The molecule has 1 N–H and O–H groups in total. The van der Waals surface area contributed by atoms with Gasteiger partial charge in [0.2, 0.25) is 0 Å². The summed E-state index contributed by atoms with van der Waals surface area (Å²) in [4.78, 5) is 2.61. The Hall–Kier alpha value is -0.160. The van der Waals surface area contributed by atoms with E-state index < -0.39 is 0 Å². The van der Waals surface area contributed by atoms with Crippen molar-refractivity contribution in [3.63, 3.8) is 0 Å². The van der Waals surface area contributed by atoms with Crippen LogP contribution in [0.3, 0.4) is 0 Å². The van der Waals surface area contributed by atoms with Gasteiger partial charge in [-0.25, -0.2) is 0 Å². The zero-order chi connectivity index (χ0) is 14.2. The first kappa shape index (κ1) is 16.2. The maximum atomic E-state index is 5.55. The summed E-state index contributed by atoms with van der Waals surface area (Å²) in [6, 6.07) is 1.30. The highest BCUT2D eigenvalue weighted by molar-refractivity contribution is 4.80. The molecule has 0 aromatic carbocycles. The molecule has 4 heteroatoms. The van der Waals surface area contributed by atoms with E-state index in [9.17, 15) is 0 Å². The minimum Gasteiger partial charge on any atom is -0.381 e. The topological polar surface area (TPSA) is 33.7 Å². The highest BCUT2D eigenvalue weighted by Crippen LogP contribution is 2.14. The van der Waals surface area contributed by atoms with Crippen molar-refractivity contribution in [2.24, 2.45) is 5.92 Å². The molecule has 0 amide bonds. The average molecular weight is 284 g/mol. The largest absolute Gasteiger partial charge is 0.381 e. The molecular weight excluding hydrogens is 252 g/mol. The third-order valence-electron chi connectivity index (χ3n) is 4.40. The van der Waals surface area contributed by atoms with Crippen LogP contribution in [0.15, 0.2) is 0 Å². The lowest BCUT2D eigenvalue weighted by molar-refractivity contribution is 0.0117. The monoisotopic (exact) mass is 284 g/mol. The molecule has 2 rings (SSSR count). The lowest BCUT2D eigenvalue weighted by Crippen LogP contribution is -2.50. The summed E-state index contributed by atoms with van der Waals surface area (Å²) in [6.45, 7) is 11.6. The molecule has 2 heterocycles. The van der Waals surface area contributed by atoms with Crippen molar-refractivity contribution in [3.05, 3.63) is 0 Å². The predicted octanol–water partition coefficient (Wildman–Crippen LogP) is 1.89. The zero-order valence-electron chi connectivity index (χ0n) is 13.3. The highest BCUT2D eigenvalue weighted by Gasteiger charge is 2.23. The van der Waals surface area contributed by atoms with Crippen molar-refractivity contribution in [1.29, 1.82) is 0 Å². The van der Waals surface area contributed by atoms with Crippen molar-refractivity contribution in [1.82, 2.24) is 10.2 Å². The van der Waals surface area contributed by atoms with Gasteiger partial charge in [0.05, 0.1) is 13.2 Å². The third kappa shape index (κ3) is 5.68. The summed E-state index contributed by atoms with van der Waals surface area (Å²) in [6.07, 6.45) is 4.90. The number of rotatable bonds is 6. The molecule has 0 bridgehead atoms. The fourth-order valence-corrected chi connectivity index (χ4v) is 3.26. The van der Waals surface area contributed by atoms with E-state index in [1.54, 1.807) is 0 Å². The van der Waals surface area contributed by atoms with Crippen molar-refractivity contribution in [3.8, 4) is 0 Å². The van der Waals surface area contributed by atoms with Gasteiger partial charge in [-0.15, -0.1) is 0 Å². The molecule has 0 aromatic heterocycles. The van der Waals surface area contributed by atoms with Gasteiger partial charge < -0.3 is 14.8 Å². The number of morpholine rings is 1.